The Hall–Kier alpha value is 0.568. The Morgan fingerprint density at radius 2 is 1.21 bits per heavy atom. The molecule has 0 amide bonds. The van der Waals surface area contributed by atoms with Gasteiger partial charge < -0.3 is 4.74 Å². The maximum Gasteiger partial charge on any atom is 0.0813 e. The number of rotatable bonds is 7. The fraction of sp³-hybridized carbons (Fsp3) is 0.857. The van der Waals surface area contributed by atoms with Crippen LogP contribution in [0.25, 0.3) is 0 Å². The van der Waals surface area contributed by atoms with Gasteiger partial charge in [-0.2, -0.15) is 0 Å². The van der Waals surface area contributed by atoms with Crippen molar-refractivity contribution < 1.29 is 4.74 Å². The van der Waals surface area contributed by atoms with Crippen LogP contribution >= 0.6 is 0 Å². The molecule has 0 spiro atoms. The van der Waals surface area contributed by atoms with Gasteiger partial charge in [0.25, 0.3) is 0 Å². The van der Waals surface area contributed by atoms with Crippen molar-refractivity contribution in [3.8, 4) is 0 Å². The minimum Gasteiger partial charge on any atom is -0.382 e. The fourth-order valence-electron chi connectivity index (χ4n) is 4.45. The zero-order chi connectivity index (χ0) is 15.7. The van der Waals surface area contributed by atoms with E-state index < -0.39 is 24.2 Å². The van der Waals surface area contributed by atoms with Crippen molar-refractivity contribution in [2.75, 3.05) is 7.11 Å². The highest BCUT2D eigenvalue weighted by molar-refractivity contribution is 7.23. The average Bonchev–Trinajstić information content (AvgIpc) is 2.13. The van der Waals surface area contributed by atoms with Gasteiger partial charge in [0.15, 0.2) is 0 Å². The van der Waals surface area contributed by atoms with E-state index in [1.165, 1.54) is 0 Å². The second kappa shape index (κ2) is 6.13. The van der Waals surface area contributed by atoms with Gasteiger partial charge in [0.1, 0.15) is 0 Å². The van der Waals surface area contributed by atoms with E-state index in [9.17, 15) is 0 Å². The summed E-state index contributed by atoms with van der Waals surface area (Å²) in [5, 5.41) is 0. The highest BCUT2D eigenvalue weighted by Gasteiger charge is 2.60. The normalized spacial score (nSPS) is 16.3. The van der Waals surface area contributed by atoms with Gasteiger partial charge in [0.05, 0.1) is 15.2 Å². The van der Waals surface area contributed by atoms with Gasteiger partial charge in [-0.25, -0.2) is 0 Å². The molecule has 0 aromatic rings. The smallest absolute Gasteiger partial charge is 0.0813 e. The molecule has 0 heterocycles. The van der Waals surface area contributed by atoms with E-state index >= 15 is 0 Å². The van der Waals surface area contributed by atoms with Crippen molar-refractivity contribution in [1.82, 2.24) is 0 Å². The van der Waals surface area contributed by atoms with E-state index in [4.69, 9.17) is 4.74 Å². The maximum atomic E-state index is 5.70. The highest BCUT2D eigenvalue weighted by atomic mass is 28.5. The third-order valence-corrected chi connectivity index (χ3v) is 33.7. The quantitative estimate of drug-likeness (QED) is 0.488. The van der Waals surface area contributed by atoms with Crippen LogP contribution in [0.4, 0.5) is 0 Å². The van der Waals surface area contributed by atoms with Crippen LogP contribution in [0.3, 0.4) is 0 Å². The second-order valence-corrected chi connectivity index (χ2v) is 28.9. The van der Waals surface area contributed by atoms with Crippen LogP contribution in [0.2, 0.25) is 62.8 Å². The molecule has 0 aliphatic rings. The minimum absolute atomic E-state index is 0.241. The second-order valence-electron chi connectivity index (χ2n) is 8.54. The summed E-state index contributed by atoms with van der Waals surface area (Å²) in [5.41, 5.74) is 0.241. The van der Waals surface area contributed by atoms with Gasteiger partial charge in [0, 0.05) is 31.3 Å². The maximum absolute atomic E-state index is 5.70. The van der Waals surface area contributed by atoms with Crippen LogP contribution in [0, 0.1) is 0 Å². The minimum atomic E-state index is -1.30. The lowest BCUT2D eigenvalue weighted by Gasteiger charge is -2.59. The van der Waals surface area contributed by atoms with E-state index in [0.717, 1.165) is 9.52 Å². The number of methoxy groups -OCH3 is 1. The van der Waals surface area contributed by atoms with E-state index in [1.54, 1.807) is 0 Å². The molecule has 0 saturated heterocycles. The summed E-state index contributed by atoms with van der Waals surface area (Å²) in [6.45, 7) is 27.2. The Balaban J connectivity index is 6.03. The summed E-state index contributed by atoms with van der Waals surface area (Å²) in [7, 11) is -1.17. The Morgan fingerprint density at radius 1 is 0.895 bits per heavy atom. The van der Waals surface area contributed by atoms with Gasteiger partial charge >= 0.3 is 0 Å². The molecule has 112 valence electrons. The Labute approximate surface area is 127 Å². The molecule has 0 aromatic carbocycles. The molecule has 2 radical (unpaired) electrons. The molecule has 5 heteroatoms. The van der Waals surface area contributed by atoms with E-state index in [0.29, 0.717) is 3.91 Å². The molecule has 0 aromatic heterocycles. The van der Waals surface area contributed by atoms with Crippen LogP contribution in [0.5, 0.6) is 0 Å². The average molecular weight is 331 g/mol. The van der Waals surface area contributed by atoms with Crippen molar-refractivity contribution >= 4 is 33.7 Å². The summed E-state index contributed by atoms with van der Waals surface area (Å²) < 4.78 is 6.29. The fourth-order valence-corrected chi connectivity index (χ4v) is 38.6. The van der Waals surface area contributed by atoms with Crippen molar-refractivity contribution in [3.63, 3.8) is 0 Å². The zero-order valence-corrected chi connectivity index (χ0v) is 18.8. The Morgan fingerprint density at radius 3 is 1.37 bits per heavy atom. The Kier molecular flexibility index (Phi) is 6.32. The van der Waals surface area contributed by atoms with E-state index in [2.05, 4.69) is 65.5 Å². The first kappa shape index (κ1) is 19.6. The van der Waals surface area contributed by atoms with Gasteiger partial charge in [-0.05, 0) is 3.91 Å². The molecule has 19 heavy (non-hydrogen) atoms. The monoisotopic (exact) mass is 330 g/mol. The molecule has 1 atom stereocenters. The van der Waals surface area contributed by atoms with E-state index in [-0.39, 0.29) is 5.73 Å². The highest BCUT2D eigenvalue weighted by Crippen LogP contribution is 2.53. The number of ether oxygens (including phenoxy) is 1. The zero-order valence-electron chi connectivity index (χ0n) is 14.8. The Bertz CT molecular complexity index is 271. The van der Waals surface area contributed by atoms with Crippen LogP contribution in [0.1, 0.15) is 0 Å². The van der Waals surface area contributed by atoms with Gasteiger partial charge in [0.2, 0.25) is 0 Å². The summed E-state index contributed by atoms with van der Waals surface area (Å²) in [5.74, 6) is 0. The molecule has 0 N–H and O–H groups in total. The molecule has 1 nitrogen and oxygen atoms in total. The van der Waals surface area contributed by atoms with Crippen molar-refractivity contribution in [2.45, 2.75) is 68.6 Å². The SMILES string of the molecule is C=CC(OC)[Si]C([Si](C)(C)C)([Si](C)(C)C)[Si](C)(C)C. The summed E-state index contributed by atoms with van der Waals surface area (Å²) in [6.07, 6.45) is 2.02. The van der Waals surface area contributed by atoms with Crippen molar-refractivity contribution in [3.05, 3.63) is 12.7 Å². The first-order valence-corrected chi connectivity index (χ1v) is 18.8. The lowest BCUT2D eigenvalue weighted by atomic mass is 10.7. The third-order valence-electron chi connectivity index (χ3n) is 4.20. The molecular weight excluding hydrogens is 296 g/mol. The predicted octanol–water partition coefficient (Wildman–Crippen LogP) is 4.64. The third kappa shape index (κ3) is 3.81. The summed E-state index contributed by atoms with van der Waals surface area (Å²) in [6, 6.07) is 0. The molecule has 1 unspecified atom stereocenters. The molecular formula is C14H34OSi4. The molecule has 0 rings (SSSR count). The molecule has 0 fully saturated rings. The number of hydrogen-bond acceptors (Lipinski definition) is 1. The summed E-state index contributed by atoms with van der Waals surface area (Å²) in [4.78, 5) is 0. The van der Waals surface area contributed by atoms with E-state index in [1.807, 2.05) is 13.2 Å². The van der Waals surface area contributed by atoms with Gasteiger partial charge in [-0.3, -0.25) is 0 Å². The standard InChI is InChI=1S/C14H34OSi4/c1-12-13(15-2)16-14(17(3,4)5,18(6,7)8)19(9,10)11/h12-13H,1H2,2-11H3. The van der Waals surface area contributed by atoms with Gasteiger partial charge in [-0.15, -0.1) is 6.58 Å². The van der Waals surface area contributed by atoms with Crippen LogP contribution in [-0.2, 0) is 4.74 Å². The first-order chi connectivity index (χ1) is 8.24. The predicted molar refractivity (Wildman–Crippen MR) is 99.5 cm³/mol. The van der Waals surface area contributed by atoms with Crippen LogP contribution in [-0.4, -0.2) is 46.6 Å². The number of hydrogen-bond donors (Lipinski definition) is 0. The molecule has 0 saturated carbocycles. The van der Waals surface area contributed by atoms with Crippen LogP contribution < -0.4 is 0 Å². The summed E-state index contributed by atoms with van der Waals surface area (Å²) >= 11 is 0. The van der Waals surface area contributed by atoms with Crippen LogP contribution in [0.15, 0.2) is 12.7 Å². The molecule has 0 aliphatic heterocycles. The first-order valence-electron chi connectivity index (χ1n) is 7.17. The lowest BCUT2D eigenvalue weighted by Crippen LogP contribution is -2.70. The van der Waals surface area contributed by atoms with Crippen molar-refractivity contribution in [2.24, 2.45) is 0 Å². The largest absolute Gasteiger partial charge is 0.382 e. The molecule has 0 bridgehead atoms. The van der Waals surface area contributed by atoms with Crippen molar-refractivity contribution in [1.29, 1.82) is 0 Å². The molecule has 0 aliphatic carbocycles. The van der Waals surface area contributed by atoms with Gasteiger partial charge in [-0.1, -0.05) is 65.0 Å². The topological polar surface area (TPSA) is 9.23 Å². The lowest BCUT2D eigenvalue weighted by molar-refractivity contribution is 0.198.